The number of ether oxygens (including phenoxy) is 1. The number of benzene rings is 2. The minimum atomic E-state index is -0.390. The summed E-state index contributed by atoms with van der Waals surface area (Å²) < 4.78 is 5.62. The van der Waals surface area contributed by atoms with E-state index < -0.39 is 6.04 Å². The number of rotatable bonds is 6. The molecule has 26 heavy (non-hydrogen) atoms. The standard InChI is InChI=1S/C21H26N2O3/c1-2-26-19-11-7-6-10-18(19)22-21(25)20(16-8-4-3-5-9-16)23-14-12-17(24)13-15-23/h3-11,17,20,24H,2,12-15H2,1H3,(H,22,25). The molecule has 138 valence electrons. The fraction of sp³-hybridized carbons (Fsp3) is 0.381. The van der Waals surface area contributed by atoms with Gasteiger partial charge in [-0.05, 0) is 37.5 Å². The number of hydrogen-bond donors (Lipinski definition) is 2. The fourth-order valence-corrected chi connectivity index (χ4v) is 3.36. The van der Waals surface area contributed by atoms with E-state index in [0.29, 0.717) is 44.0 Å². The van der Waals surface area contributed by atoms with Gasteiger partial charge in [0.2, 0.25) is 5.91 Å². The molecule has 2 aromatic rings. The number of aliphatic hydroxyl groups is 1. The molecule has 1 atom stereocenters. The van der Waals surface area contributed by atoms with E-state index in [0.717, 1.165) is 5.56 Å². The number of carbonyl (C=O) groups is 1. The predicted octanol–water partition coefficient (Wildman–Crippen LogP) is 3.22. The highest BCUT2D eigenvalue weighted by Crippen LogP contribution is 2.29. The van der Waals surface area contributed by atoms with Crippen LogP contribution >= 0.6 is 0 Å². The number of aliphatic hydroxyl groups excluding tert-OH is 1. The van der Waals surface area contributed by atoms with Crippen molar-refractivity contribution in [3.8, 4) is 5.75 Å². The van der Waals surface area contributed by atoms with Crippen LogP contribution in [-0.2, 0) is 4.79 Å². The van der Waals surface area contributed by atoms with E-state index in [4.69, 9.17) is 4.74 Å². The maximum absolute atomic E-state index is 13.2. The number of carbonyl (C=O) groups excluding carboxylic acids is 1. The summed E-state index contributed by atoms with van der Waals surface area (Å²) in [4.78, 5) is 15.3. The summed E-state index contributed by atoms with van der Waals surface area (Å²) in [7, 11) is 0. The Bertz CT molecular complexity index is 712. The van der Waals surface area contributed by atoms with E-state index in [2.05, 4.69) is 10.2 Å². The largest absolute Gasteiger partial charge is 0.492 e. The number of nitrogens with zero attached hydrogens (tertiary/aromatic N) is 1. The van der Waals surface area contributed by atoms with Gasteiger partial charge in [0.05, 0.1) is 18.4 Å². The molecule has 0 radical (unpaired) electrons. The molecule has 1 saturated heterocycles. The molecule has 5 heteroatoms. The molecule has 1 fully saturated rings. The van der Waals surface area contributed by atoms with Gasteiger partial charge >= 0.3 is 0 Å². The molecule has 2 aromatic carbocycles. The second-order valence-electron chi connectivity index (χ2n) is 6.50. The Hall–Kier alpha value is -2.37. The van der Waals surface area contributed by atoms with Gasteiger partial charge in [0, 0.05) is 13.1 Å². The zero-order valence-corrected chi connectivity index (χ0v) is 15.1. The molecule has 0 saturated carbocycles. The zero-order valence-electron chi connectivity index (χ0n) is 15.1. The Labute approximate surface area is 154 Å². The number of anilines is 1. The maximum atomic E-state index is 13.2. The van der Waals surface area contributed by atoms with Crippen LogP contribution in [0.1, 0.15) is 31.4 Å². The van der Waals surface area contributed by atoms with Crippen LogP contribution in [0.4, 0.5) is 5.69 Å². The number of para-hydroxylation sites is 2. The monoisotopic (exact) mass is 354 g/mol. The molecular formula is C21H26N2O3. The molecule has 1 aliphatic heterocycles. The van der Waals surface area contributed by atoms with E-state index in [-0.39, 0.29) is 12.0 Å². The topological polar surface area (TPSA) is 61.8 Å². The molecule has 1 heterocycles. The van der Waals surface area contributed by atoms with Crippen LogP contribution in [0.25, 0.3) is 0 Å². The second kappa shape index (κ2) is 8.83. The number of likely N-dealkylation sites (tertiary alicyclic amines) is 1. The minimum Gasteiger partial charge on any atom is -0.492 e. The van der Waals surface area contributed by atoms with Crippen LogP contribution in [0.15, 0.2) is 54.6 Å². The van der Waals surface area contributed by atoms with Crippen LogP contribution in [0.3, 0.4) is 0 Å². The SMILES string of the molecule is CCOc1ccccc1NC(=O)C(c1ccccc1)N1CCC(O)CC1. The van der Waals surface area contributed by atoms with Gasteiger partial charge in [-0.3, -0.25) is 9.69 Å². The Morgan fingerprint density at radius 2 is 1.81 bits per heavy atom. The summed E-state index contributed by atoms with van der Waals surface area (Å²) in [6, 6.07) is 16.9. The van der Waals surface area contributed by atoms with Crippen molar-refractivity contribution in [3.05, 3.63) is 60.2 Å². The zero-order chi connectivity index (χ0) is 18.4. The third kappa shape index (κ3) is 4.42. The Morgan fingerprint density at radius 3 is 2.50 bits per heavy atom. The third-order valence-corrected chi connectivity index (χ3v) is 4.67. The molecule has 0 bridgehead atoms. The number of nitrogens with one attached hydrogen (secondary N) is 1. The van der Waals surface area contributed by atoms with Crippen molar-refractivity contribution in [2.45, 2.75) is 31.9 Å². The molecule has 1 aliphatic rings. The minimum absolute atomic E-state index is 0.0836. The summed E-state index contributed by atoms with van der Waals surface area (Å²) in [6.07, 6.45) is 1.10. The first-order chi connectivity index (χ1) is 12.7. The quantitative estimate of drug-likeness (QED) is 0.836. The molecule has 1 unspecified atom stereocenters. The number of amides is 1. The molecule has 0 aromatic heterocycles. The summed E-state index contributed by atoms with van der Waals surface area (Å²) in [5.41, 5.74) is 1.63. The van der Waals surface area contributed by atoms with Crippen LogP contribution in [-0.4, -0.2) is 41.7 Å². The molecule has 0 spiro atoms. The summed E-state index contributed by atoms with van der Waals surface area (Å²) in [5.74, 6) is 0.587. The first kappa shape index (κ1) is 18.4. The van der Waals surface area contributed by atoms with Crippen LogP contribution in [0.2, 0.25) is 0 Å². The highest BCUT2D eigenvalue weighted by Gasteiger charge is 2.31. The first-order valence-corrected chi connectivity index (χ1v) is 9.18. The van der Waals surface area contributed by atoms with Gasteiger partial charge in [0.15, 0.2) is 0 Å². The van der Waals surface area contributed by atoms with Crippen molar-refractivity contribution in [3.63, 3.8) is 0 Å². The van der Waals surface area contributed by atoms with E-state index in [1.807, 2.05) is 61.5 Å². The second-order valence-corrected chi connectivity index (χ2v) is 6.50. The van der Waals surface area contributed by atoms with Crippen LogP contribution in [0.5, 0.6) is 5.75 Å². The normalized spacial score (nSPS) is 16.8. The number of hydrogen-bond acceptors (Lipinski definition) is 4. The van der Waals surface area contributed by atoms with Gasteiger partial charge in [-0.15, -0.1) is 0 Å². The summed E-state index contributed by atoms with van der Waals surface area (Å²) in [5, 5.41) is 12.8. The molecule has 1 amide bonds. The van der Waals surface area contributed by atoms with Gasteiger partial charge in [-0.1, -0.05) is 42.5 Å². The lowest BCUT2D eigenvalue weighted by Crippen LogP contribution is -2.43. The highest BCUT2D eigenvalue weighted by atomic mass is 16.5. The molecule has 5 nitrogen and oxygen atoms in total. The first-order valence-electron chi connectivity index (χ1n) is 9.18. The van der Waals surface area contributed by atoms with Crippen LogP contribution in [0, 0.1) is 0 Å². The highest BCUT2D eigenvalue weighted by molar-refractivity contribution is 5.96. The van der Waals surface area contributed by atoms with Crippen molar-refractivity contribution >= 4 is 11.6 Å². The smallest absolute Gasteiger partial charge is 0.246 e. The van der Waals surface area contributed by atoms with E-state index in [1.54, 1.807) is 0 Å². The van der Waals surface area contributed by atoms with Crippen molar-refractivity contribution < 1.29 is 14.6 Å². The average molecular weight is 354 g/mol. The van der Waals surface area contributed by atoms with Gasteiger partial charge in [-0.25, -0.2) is 0 Å². The number of piperidine rings is 1. The Morgan fingerprint density at radius 1 is 1.15 bits per heavy atom. The Balaban J connectivity index is 1.84. The maximum Gasteiger partial charge on any atom is 0.246 e. The summed E-state index contributed by atoms with van der Waals surface area (Å²) in [6.45, 7) is 3.85. The van der Waals surface area contributed by atoms with Gasteiger partial charge in [0.1, 0.15) is 11.8 Å². The molecule has 3 rings (SSSR count). The molecular weight excluding hydrogens is 328 g/mol. The van der Waals surface area contributed by atoms with Gasteiger partial charge in [0.25, 0.3) is 0 Å². The van der Waals surface area contributed by atoms with Gasteiger partial charge < -0.3 is 15.2 Å². The van der Waals surface area contributed by atoms with Crippen molar-refractivity contribution in [1.82, 2.24) is 4.90 Å². The van der Waals surface area contributed by atoms with Crippen molar-refractivity contribution in [2.24, 2.45) is 0 Å². The lowest BCUT2D eigenvalue weighted by molar-refractivity contribution is -0.122. The van der Waals surface area contributed by atoms with Crippen molar-refractivity contribution in [2.75, 3.05) is 25.0 Å². The Kier molecular flexibility index (Phi) is 6.26. The lowest BCUT2D eigenvalue weighted by atomic mass is 9.99. The molecule has 2 N–H and O–H groups in total. The fourth-order valence-electron chi connectivity index (χ4n) is 3.36. The third-order valence-electron chi connectivity index (χ3n) is 4.67. The average Bonchev–Trinajstić information content (AvgIpc) is 2.66. The van der Waals surface area contributed by atoms with E-state index >= 15 is 0 Å². The van der Waals surface area contributed by atoms with Crippen LogP contribution < -0.4 is 10.1 Å². The van der Waals surface area contributed by atoms with E-state index in [1.165, 1.54) is 0 Å². The molecule has 0 aliphatic carbocycles. The summed E-state index contributed by atoms with van der Waals surface area (Å²) >= 11 is 0. The lowest BCUT2D eigenvalue weighted by Gasteiger charge is -2.35. The van der Waals surface area contributed by atoms with Gasteiger partial charge in [-0.2, -0.15) is 0 Å². The predicted molar refractivity (Wildman–Crippen MR) is 102 cm³/mol. The van der Waals surface area contributed by atoms with E-state index in [9.17, 15) is 9.90 Å². The van der Waals surface area contributed by atoms with Crippen molar-refractivity contribution in [1.29, 1.82) is 0 Å².